The number of amides is 2. The summed E-state index contributed by atoms with van der Waals surface area (Å²) < 4.78 is 5.54. The van der Waals surface area contributed by atoms with Gasteiger partial charge in [-0.3, -0.25) is 9.69 Å². The van der Waals surface area contributed by atoms with Crippen LogP contribution in [-0.4, -0.2) is 53.7 Å². The number of benzene rings is 2. The number of carboxylic acids is 1. The Kier molecular flexibility index (Phi) is 6.16. The lowest BCUT2D eigenvalue weighted by molar-refractivity contribution is -0.142. The van der Waals surface area contributed by atoms with Crippen LogP contribution in [0.25, 0.3) is 11.1 Å². The van der Waals surface area contributed by atoms with E-state index in [4.69, 9.17) is 4.74 Å². The van der Waals surface area contributed by atoms with E-state index in [-0.39, 0.29) is 31.5 Å². The molecule has 7 nitrogen and oxygen atoms in total. The standard InChI is InChI=1S/C22H24N2O5/c1-14(21(26)27)24(12-11-23-15(2)25)22(28)29-13-20-18-9-5-3-7-16(18)17-8-4-6-10-19(17)20/h3-10,14,20H,11-13H2,1-2H3,(H,23,25)(H,26,27). The largest absolute Gasteiger partial charge is 0.480 e. The maximum atomic E-state index is 12.7. The summed E-state index contributed by atoms with van der Waals surface area (Å²) in [6.45, 7) is 3.08. The highest BCUT2D eigenvalue weighted by molar-refractivity contribution is 5.81. The van der Waals surface area contributed by atoms with Crippen molar-refractivity contribution in [3.8, 4) is 11.1 Å². The van der Waals surface area contributed by atoms with Crippen LogP contribution in [0.3, 0.4) is 0 Å². The molecule has 0 heterocycles. The number of ether oxygens (including phenoxy) is 1. The van der Waals surface area contributed by atoms with Crippen LogP contribution in [0, 0.1) is 0 Å². The summed E-state index contributed by atoms with van der Waals surface area (Å²) in [5.41, 5.74) is 4.39. The number of carbonyl (C=O) groups excluding carboxylic acids is 2. The molecule has 3 rings (SSSR count). The number of hydrogen-bond acceptors (Lipinski definition) is 4. The molecule has 1 atom stereocenters. The van der Waals surface area contributed by atoms with E-state index in [1.165, 1.54) is 13.8 Å². The second-order valence-electron chi connectivity index (χ2n) is 6.99. The number of nitrogens with zero attached hydrogens (tertiary/aromatic N) is 1. The molecule has 7 heteroatoms. The van der Waals surface area contributed by atoms with Crippen LogP contribution >= 0.6 is 0 Å². The molecule has 1 aliphatic carbocycles. The molecule has 2 amide bonds. The van der Waals surface area contributed by atoms with Crippen molar-refractivity contribution < 1.29 is 24.2 Å². The lowest BCUT2D eigenvalue weighted by Gasteiger charge is -2.26. The molecule has 0 bridgehead atoms. The zero-order chi connectivity index (χ0) is 21.0. The van der Waals surface area contributed by atoms with Crippen LogP contribution < -0.4 is 5.32 Å². The third-order valence-electron chi connectivity index (χ3n) is 5.12. The smallest absolute Gasteiger partial charge is 0.410 e. The Labute approximate surface area is 169 Å². The molecule has 0 saturated carbocycles. The zero-order valence-corrected chi connectivity index (χ0v) is 16.4. The lowest BCUT2D eigenvalue weighted by atomic mass is 9.98. The van der Waals surface area contributed by atoms with E-state index in [1.54, 1.807) is 0 Å². The maximum Gasteiger partial charge on any atom is 0.410 e. The Morgan fingerprint density at radius 1 is 1.07 bits per heavy atom. The molecule has 0 aliphatic heterocycles. The van der Waals surface area contributed by atoms with Crippen LogP contribution in [0.2, 0.25) is 0 Å². The van der Waals surface area contributed by atoms with Gasteiger partial charge >= 0.3 is 12.1 Å². The maximum absolute atomic E-state index is 12.7. The van der Waals surface area contributed by atoms with Gasteiger partial charge in [0.25, 0.3) is 0 Å². The average molecular weight is 396 g/mol. The number of rotatable bonds is 7. The molecule has 0 spiro atoms. The molecular weight excluding hydrogens is 372 g/mol. The van der Waals surface area contributed by atoms with Gasteiger partial charge in [0.1, 0.15) is 12.6 Å². The minimum atomic E-state index is -1.14. The highest BCUT2D eigenvalue weighted by atomic mass is 16.6. The first-order valence-corrected chi connectivity index (χ1v) is 9.49. The molecule has 1 aliphatic rings. The molecule has 1 unspecified atom stereocenters. The number of fused-ring (bicyclic) bond motifs is 3. The summed E-state index contributed by atoms with van der Waals surface area (Å²) in [7, 11) is 0. The molecular formula is C22H24N2O5. The number of aliphatic carboxylic acids is 1. The summed E-state index contributed by atoms with van der Waals surface area (Å²) in [6.07, 6.45) is -0.716. The van der Waals surface area contributed by atoms with Gasteiger partial charge in [0, 0.05) is 25.9 Å². The fraction of sp³-hybridized carbons (Fsp3) is 0.318. The Bertz CT molecular complexity index is 881. The van der Waals surface area contributed by atoms with Gasteiger partial charge in [0.2, 0.25) is 5.91 Å². The number of nitrogens with one attached hydrogen (secondary N) is 1. The molecule has 0 fully saturated rings. The summed E-state index contributed by atoms with van der Waals surface area (Å²) in [5, 5.41) is 11.9. The second-order valence-corrected chi connectivity index (χ2v) is 6.99. The van der Waals surface area contributed by atoms with Crippen LogP contribution in [0.15, 0.2) is 48.5 Å². The molecule has 2 N–H and O–H groups in total. The highest BCUT2D eigenvalue weighted by Crippen LogP contribution is 2.44. The first-order valence-electron chi connectivity index (χ1n) is 9.49. The topological polar surface area (TPSA) is 95.9 Å². The van der Waals surface area contributed by atoms with E-state index in [2.05, 4.69) is 5.32 Å². The normalized spacial score (nSPS) is 13.2. The lowest BCUT2D eigenvalue weighted by Crippen LogP contribution is -2.47. The number of hydrogen-bond donors (Lipinski definition) is 2. The van der Waals surface area contributed by atoms with Gasteiger partial charge in [-0.1, -0.05) is 48.5 Å². The van der Waals surface area contributed by atoms with Crippen molar-refractivity contribution >= 4 is 18.0 Å². The molecule has 152 valence electrons. The molecule has 2 aromatic rings. The number of carbonyl (C=O) groups is 3. The van der Waals surface area contributed by atoms with Crippen molar-refractivity contribution in [1.82, 2.24) is 10.2 Å². The Balaban J connectivity index is 1.74. The second kappa shape index (κ2) is 8.77. The molecule has 29 heavy (non-hydrogen) atoms. The predicted octanol–water partition coefficient (Wildman–Crippen LogP) is 2.85. The van der Waals surface area contributed by atoms with E-state index < -0.39 is 18.1 Å². The third kappa shape index (κ3) is 4.39. The SMILES string of the molecule is CC(=O)NCCN(C(=O)OCC1c2ccccc2-c2ccccc21)C(C)C(=O)O. The average Bonchev–Trinajstić information content (AvgIpc) is 3.02. The Morgan fingerprint density at radius 2 is 1.62 bits per heavy atom. The summed E-state index contributed by atoms with van der Waals surface area (Å²) in [6, 6.07) is 14.9. The first kappa shape index (κ1) is 20.4. The minimum Gasteiger partial charge on any atom is -0.480 e. The van der Waals surface area contributed by atoms with Crippen LogP contribution in [0.4, 0.5) is 4.79 Å². The fourth-order valence-electron chi connectivity index (χ4n) is 3.61. The Morgan fingerprint density at radius 3 is 2.14 bits per heavy atom. The van der Waals surface area contributed by atoms with E-state index in [9.17, 15) is 19.5 Å². The molecule has 0 aromatic heterocycles. The van der Waals surface area contributed by atoms with Gasteiger partial charge < -0.3 is 15.2 Å². The first-order chi connectivity index (χ1) is 13.9. The van der Waals surface area contributed by atoms with Crippen LogP contribution in [-0.2, 0) is 14.3 Å². The molecule has 2 aromatic carbocycles. The van der Waals surface area contributed by atoms with Gasteiger partial charge in [-0.05, 0) is 29.2 Å². The van der Waals surface area contributed by atoms with Gasteiger partial charge in [0.05, 0.1) is 0 Å². The highest BCUT2D eigenvalue weighted by Gasteiger charge is 2.31. The monoisotopic (exact) mass is 396 g/mol. The van der Waals surface area contributed by atoms with E-state index in [0.717, 1.165) is 27.2 Å². The van der Waals surface area contributed by atoms with E-state index in [0.29, 0.717) is 0 Å². The van der Waals surface area contributed by atoms with E-state index in [1.807, 2.05) is 48.5 Å². The van der Waals surface area contributed by atoms with Crippen molar-refractivity contribution in [2.45, 2.75) is 25.8 Å². The quantitative estimate of drug-likeness (QED) is 0.750. The van der Waals surface area contributed by atoms with Gasteiger partial charge in [0.15, 0.2) is 0 Å². The third-order valence-corrected chi connectivity index (χ3v) is 5.12. The Hall–Kier alpha value is -3.35. The summed E-state index contributed by atoms with van der Waals surface area (Å²) in [4.78, 5) is 36.3. The van der Waals surface area contributed by atoms with Crippen LogP contribution in [0.5, 0.6) is 0 Å². The van der Waals surface area contributed by atoms with Crippen molar-refractivity contribution in [1.29, 1.82) is 0 Å². The van der Waals surface area contributed by atoms with Gasteiger partial charge in [-0.2, -0.15) is 0 Å². The minimum absolute atomic E-state index is 0.0454. The van der Waals surface area contributed by atoms with E-state index >= 15 is 0 Å². The molecule has 0 radical (unpaired) electrons. The zero-order valence-electron chi connectivity index (χ0n) is 16.4. The summed E-state index contributed by atoms with van der Waals surface area (Å²) >= 11 is 0. The van der Waals surface area contributed by atoms with Crippen molar-refractivity contribution in [2.75, 3.05) is 19.7 Å². The summed E-state index contributed by atoms with van der Waals surface area (Å²) in [5.74, 6) is -1.49. The predicted molar refractivity (Wildman–Crippen MR) is 108 cm³/mol. The number of carboxylic acid groups (broad SMARTS) is 1. The fourth-order valence-corrected chi connectivity index (χ4v) is 3.61. The van der Waals surface area contributed by atoms with Crippen molar-refractivity contribution in [3.63, 3.8) is 0 Å². The van der Waals surface area contributed by atoms with Crippen LogP contribution in [0.1, 0.15) is 30.9 Å². The van der Waals surface area contributed by atoms with Crippen molar-refractivity contribution in [3.05, 3.63) is 59.7 Å². The van der Waals surface area contributed by atoms with Crippen molar-refractivity contribution in [2.24, 2.45) is 0 Å². The molecule has 0 saturated heterocycles. The van der Waals surface area contributed by atoms with Gasteiger partial charge in [-0.25, -0.2) is 9.59 Å². The van der Waals surface area contributed by atoms with Gasteiger partial charge in [-0.15, -0.1) is 0 Å².